The normalized spacial score (nSPS) is 17.1. The maximum Gasteiger partial charge on any atom is 0.282 e. The highest BCUT2D eigenvalue weighted by molar-refractivity contribution is 5.81. The van der Waals surface area contributed by atoms with Crippen LogP contribution in [0.3, 0.4) is 0 Å². The van der Waals surface area contributed by atoms with Gasteiger partial charge in [0.1, 0.15) is 19.0 Å². The lowest BCUT2D eigenvalue weighted by molar-refractivity contribution is 0.171. The highest BCUT2D eigenvalue weighted by Crippen LogP contribution is 2.32. The summed E-state index contributed by atoms with van der Waals surface area (Å²) in [5.41, 5.74) is 1.47. The molecular formula is C23H23N3O3. The van der Waals surface area contributed by atoms with Crippen LogP contribution in [0.4, 0.5) is 0 Å². The maximum atomic E-state index is 13.2. The predicted octanol–water partition coefficient (Wildman–Crippen LogP) is 4.10. The van der Waals surface area contributed by atoms with Gasteiger partial charge in [-0.05, 0) is 48.7 Å². The van der Waals surface area contributed by atoms with E-state index < -0.39 is 0 Å². The van der Waals surface area contributed by atoms with Crippen molar-refractivity contribution in [3.63, 3.8) is 0 Å². The number of benzene rings is 2. The third-order valence-corrected chi connectivity index (χ3v) is 5.64. The van der Waals surface area contributed by atoms with E-state index in [-0.39, 0.29) is 11.5 Å². The lowest BCUT2D eigenvalue weighted by atomic mass is 9.88. The van der Waals surface area contributed by atoms with Gasteiger partial charge in [-0.15, -0.1) is 0 Å². The van der Waals surface area contributed by atoms with Crippen molar-refractivity contribution in [3.05, 3.63) is 64.2 Å². The molecule has 2 aromatic carbocycles. The number of para-hydroxylation sites is 1. The van der Waals surface area contributed by atoms with Crippen molar-refractivity contribution in [2.75, 3.05) is 13.2 Å². The van der Waals surface area contributed by atoms with E-state index in [0.29, 0.717) is 24.3 Å². The van der Waals surface area contributed by atoms with Gasteiger partial charge in [0.25, 0.3) is 5.56 Å². The van der Waals surface area contributed by atoms with Crippen molar-refractivity contribution >= 4 is 17.1 Å². The summed E-state index contributed by atoms with van der Waals surface area (Å²) in [5, 5.41) is 5.16. The van der Waals surface area contributed by atoms with Gasteiger partial charge in [0.2, 0.25) is 0 Å². The van der Waals surface area contributed by atoms with Gasteiger partial charge in [-0.25, -0.2) is 4.98 Å². The Morgan fingerprint density at radius 1 is 1.00 bits per heavy atom. The molecule has 29 heavy (non-hydrogen) atoms. The summed E-state index contributed by atoms with van der Waals surface area (Å²) in [7, 11) is 0. The quantitative estimate of drug-likeness (QED) is 0.633. The molecule has 0 amide bonds. The van der Waals surface area contributed by atoms with E-state index in [1.54, 1.807) is 6.21 Å². The minimum absolute atomic E-state index is 0.120. The van der Waals surface area contributed by atoms with Crippen molar-refractivity contribution in [3.8, 4) is 11.5 Å². The number of fused-ring (bicyclic) bond motifs is 2. The molecule has 148 valence electrons. The summed E-state index contributed by atoms with van der Waals surface area (Å²) in [6.07, 6.45) is 7.37. The van der Waals surface area contributed by atoms with E-state index in [9.17, 15) is 4.79 Å². The Morgan fingerprint density at radius 2 is 1.79 bits per heavy atom. The minimum Gasteiger partial charge on any atom is -0.486 e. The molecule has 0 unspecified atom stereocenters. The zero-order chi connectivity index (χ0) is 19.6. The molecule has 0 saturated heterocycles. The largest absolute Gasteiger partial charge is 0.486 e. The number of aromatic nitrogens is 2. The molecule has 2 heterocycles. The van der Waals surface area contributed by atoms with Crippen molar-refractivity contribution in [1.29, 1.82) is 0 Å². The molecule has 1 aromatic heterocycles. The van der Waals surface area contributed by atoms with Gasteiger partial charge in [-0.3, -0.25) is 4.79 Å². The molecule has 0 atom stereocenters. The molecular weight excluding hydrogens is 366 g/mol. The number of ether oxygens (including phenoxy) is 2. The molecule has 1 aliphatic carbocycles. The van der Waals surface area contributed by atoms with Crippen LogP contribution >= 0.6 is 0 Å². The fourth-order valence-electron chi connectivity index (χ4n) is 4.14. The van der Waals surface area contributed by atoms with Crippen LogP contribution in [0.1, 0.15) is 49.4 Å². The van der Waals surface area contributed by atoms with Crippen LogP contribution in [0.5, 0.6) is 11.5 Å². The third-order valence-electron chi connectivity index (χ3n) is 5.64. The summed E-state index contributed by atoms with van der Waals surface area (Å²) in [6.45, 7) is 1.09. The Balaban J connectivity index is 1.58. The van der Waals surface area contributed by atoms with Gasteiger partial charge in [-0.2, -0.15) is 9.78 Å². The van der Waals surface area contributed by atoms with Gasteiger partial charge in [0, 0.05) is 5.92 Å². The summed E-state index contributed by atoms with van der Waals surface area (Å²) in [5.74, 6) is 2.47. The summed E-state index contributed by atoms with van der Waals surface area (Å²) >= 11 is 0. The number of hydrogen-bond donors (Lipinski definition) is 0. The van der Waals surface area contributed by atoms with Crippen molar-refractivity contribution in [1.82, 2.24) is 9.66 Å². The van der Waals surface area contributed by atoms with E-state index in [4.69, 9.17) is 14.5 Å². The molecule has 6 heteroatoms. The van der Waals surface area contributed by atoms with Crippen molar-refractivity contribution in [2.45, 2.75) is 38.0 Å². The third kappa shape index (κ3) is 3.50. The first-order valence-electron chi connectivity index (χ1n) is 10.3. The average molecular weight is 389 g/mol. The maximum absolute atomic E-state index is 13.2. The molecule has 0 spiro atoms. The zero-order valence-electron chi connectivity index (χ0n) is 16.2. The second kappa shape index (κ2) is 7.70. The Labute approximate surface area is 168 Å². The summed E-state index contributed by atoms with van der Waals surface area (Å²) in [4.78, 5) is 18.1. The Morgan fingerprint density at radius 3 is 2.66 bits per heavy atom. The van der Waals surface area contributed by atoms with Crippen LogP contribution in [-0.2, 0) is 0 Å². The Hall–Kier alpha value is -3.15. The second-order valence-corrected chi connectivity index (χ2v) is 7.59. The average Bonchev–Trinajstić information content (AvgIpc) is 2.79. The molecule has 5 rings (SSSR count). The Kier molecular flexibility index (Phi) is 4.76. The van der Waals surface area contributed by atoms with Crippen molar-refractivity contribution < 1.29 is 9.47 Å². The van der Waals surface area contributed by atoms with E-state index in [1.165, 1.54) is 23.9 Å². The molecule has 1 saturated carbocycles. The molecule has 0 N–H and O–H groups in total. The molecule has 1 fully saturated rings. The van der Waals surface area contributed by atoms with Crippen LogP contribution in [-0.4, -0.2) is 29.1 Å². The minimum atomic E-state index is -0.120. The van der Waals surface area contributed by atoms with E-state index in [1.807, 2.05) is 42.5 Å². The summed E-state index contributed by atoms with van der Waals surface area (Å²) < 4.78 is 12.7. The molecule has 2 aliphatic rings. The molecule has 1 aliphatic heterocycles. The smallest absolute Gasteiger partial charge is 0.282 e. The van der Waals surface area contributed by atoms with E-state index in [0.717, 1.165) is 35.5 Å². The first kappa shape index (κ1) is 17.9. The van der Waals surface area contributed by atoms with Crippen LogP contribution < -0.4 is 15.0 Å². The molecule has 0 radical (unpaired) electrons. The second-order valence-electron chi connectivity index (χ2n) is 7.59. The fraction of sp³-hybridized carbons (Fsp3) is 0.348. The van der Waals surface area contributed by atoms with Crippen molar-refractivity contribution in [2.24, 2.45) is 5.10 Å². The fourth-order valence-corrected chi connectivity index (χ4v) is 4.14. The van der Waals surface area contributed by atoms with E-state index >= 15 is 0 Å². The number of rotatable bonds is 3. The highest BCUT2D eigenvalue weighted by atomic mass is 16.6. The molecule has 0 bridgehead atoms. The van der Waals surface area contributed by atoms with E-state index in [2.05, 4.69) is 5.10 Å². The zero-order valence-corrected chi connectivity index (χ0v) is 16.2. The van der Waals surface area contributed by atoms with Crippen LogP contribution in [0.2, 0.25) is 0 Å². The predicted molar refractivity (Wildman–Crippen MR) is 112 cm³/mol. The monoisotopic (exact) mass is 389 g/mol. The SMILES string of the molecule is O=c1c2ccccc2nc(C2CCCCC2)n1N=Cc1ccc2c(c1)OCCO2. The lowest BCUT2D eigenvalue weighted by Crippen LogP contribution is -2.25. The number of hydrogen-bond acceptors (Lipinski definition) is 5. The molecule has 3 aromatic rings. The number of nitrogens with zero attached hydrogens (tertiary/aromatic N) is 3. The first-order valence-corrected chi connectivity index (χ1v) is 10.3. The molecule has 6 nitrogen and oxygen atoms in total. The first-order chi connectivity index (χ1) is 14.3. The Bertz CT molecular complexity index is 1130. The van der Waals surface area contributed by atoms with Gasteiger partial charge in [0.05, 0.1) is 17.1 Å². The summed E-state index contributed by atoms with van der Waals surface area (Å²) in [6, 6.07) is 13.2. The van der Waals surface area contributed by atoms with Crippen LogP contribution in [0.15, 0.2) is 52.4 Å². The standard InChI is InChI=1S/C23H23N3O3/c27-23-18-8-4-5-9-19(18)25-22(17-6-2-1-3-7-17)26(23)24-15-16-10-11-20-21(14-16)29-13-12-28-20/h4-5,8-11,14-15,17H,1-3,6-7,12-13H2. The van der Waals surface area contributed by atoms with Crippen LogP contribution in [0, 0.1) is 0 Å². The van der Waals surface area contributed by atoms with Gasteiger partial charge < -0.3 is 9.47 Å². The van der Waals surface area contributed by atoms with Crippen LogP contribution in [0.25, 0.3) is 10.9 Å². The van der Waals surface area contributed by atoms with Gasteiger partial charge in [-0.1, -0.05) is 31.4 Å². The lowest BCUT2D eigenvalue weighted by Gasteiger charge is -2.22. The topological polar surface area (TPSA) is 65.7 Å². The van der Waals surface area contributed by atoms with Gasteiger partial charge in [0.15, 0.2) is 11.5 Å². The highest BCUT2D eigenvalue weighted by Gasteiger charge is 2.22. The van der Waals surface area contributed by atoms with Gasteiger partial charge >= 0.3 is 0 Å².